The number of halogens is 2. The molecule has 0 spiro atoms. The van der Waals surface area contributed by atoms with Gasteiger partial charge in [0, 0.05) is 22.0 Å². The summed E-state index contributed by atoms with van der Waals surface area (Å²) in [4.78, 5) is 12.9. The van der Waals surface area contributed by atoms with E-state index < -0.39 is 0 Å². The molecule has 0 aliphatic carbocycles. The van der Waals surface area contributed by atoms with Crippen molar-refractivity contribution >= 4 is 29.1 Å². The molecular formula is C23H25Cl2N3O. The zero-order valence-electron chi connectivity index (χ0n) is 16.9. The highest BCUT2D eigenvalue weighted by atomic mass is 35.5. The van der Waals surface area contributed by atoms with E-state index in [-0.39, 0.29) is 11.3 Å². The average molecular weight is 430 g/mol. The van der Waals surface area contributed by atoms with Crippen molar-refractivity contribution in [2.24, 2.45) is 0 Å². The Balaban J connectivity index is 1.80. The van der Waals surface area contributed by atoms with Crippen molar-refractivity contribution in [2.75, 3.05) is 6.54 Å². The number of carbonyl (C=O) groups is 1. The van der Waals surface area contributed by atoms with E-state index in [1.54, 1.807) is 16.8 Å². The van der Waals surface area contributed by atoms with Gasteiger partial charge in [0.2, 0.25) is 0 Å². The smallest absolute Gasteiger partial charge is 0.269 e. The summed E-state index contributed by atoms with van der Waals surface area (Å²) in [6.45, 7) is 7.18. The van der Waals surface area contributed by atoms with Crippen LogP contribution in [0.3, 0.4) is 0 Å². The zero-order chi connectivity index (χ0) is 21.0. The Morgan fingerprint density at radius 1 is 1.07 bits per heavy atom. The first-order valence-corrected chi connectivity index (χ1v) is 10.3. The molecule has 1 N–H and O–H groups in total. The molecular weight excluding hydrogens is 405 g/mol. The van der Waals surface area contributed by atoms with E-state index >= 15 is 0 Å². The van der Waals surface area contributed by atoms with Crippen molar-refractivity contribution in [3.05, 3.63) is 87.2 Å². The Hall–Kier alpha value is -2.30. The second-order valence-corrected chi connectivity index (χ2v) is 8.89. The SMILES string of the molecule is CC(C)(C)c1cc(C(=O)NCCc2ccccc2)n(Cc2ccc(Cl)cc2Cl)n1. The monoisotopic (exact) mass is 429 g/mol. The molecule has 4 nitrogen and oxygen atoms in total. The molecule has 0 bridgehead atoms. The molecule has 1 aromatic heterocycles. The number of amides is 1. The van der Waals surface area contributed by atoms with Gasteiger partial charge < -0.3 is 5.32 Å². The summed E-state index contributed by atoms with van der Waals surface area (Å²) in [5.41, 5.74) is 3.25. The molecule has 0 fully saturated rings. The number of hydrogen-bond acceptors (Lipinski definition) is 2. The molecule has 0 radical (unpaired) electrons. The van der Waals surface area contributed by atoms with Crippen molar-refractivity contribution in [3.63, 3.8) is 0 Å². The largest absolute Gasteiger partial charge is 0.350 e. The number of nitrogens with zero attached hydrogens (tertiary/aromatic N) is 2. The topological polar surface area (TPSA) is 46.9 Å². The minimum absolute atomic E-state index is 0.144. The van der Waals surface area contributed by atoms with Crippen LogP contribution in [0.4, 0.5) is 0 Å². The lowest BCUT2D eigenvalue weighted by Gasteiger charge is -2.14. The number of hydrogen-bond donors (Lipinski definition) is 1. The molecule has 0 unspecified atom stereocenters. The van der Waals surface area contributed by atoms with Gasteiger partial charge in [0.1, 0.15) is 5.69 Å². The van der Waals surface area contributed by atoms with Crippen LogP contribution < -0.4 is 5.32 Å². The Kier molecular flexibility index (Phi) is 6.66. The maximum atomic E-state index is 12.9. The van der Waals surface area contributed by atoms with Crippen LogP contribution in [-0.2, 0) is 18.4 Å². The van der Waals surface area contributed by atoms with Gasteiger partial charge in [0.25, 0.3) is 5.91 Å². The van der Waals surface area contributed by atoms with Crippen LogP contribution in [0.2, 0.25) is 10.0 Å². The van der Waals surface area contributed by atoms with Crippen LogP contribution in [0, 0.1) is 0 Å². The van der Waals surface area contributed by atoms with E-state index in [4.69, 9.17) is 28.3 Å². The normalized spacial score (nSPS) is 11.5. The summed E-state index contributed by atoms with van der Waals surface area (Å²) in [6, 6.07) is 17.3. The van der Waals surface area contributed by atoms with E-state index in [0.29, 0.717) is 28.8 Å². The Morgan fingerprint density at radius 3 is 2.45 bits per heavy atom. The third kappa shape index (κ3) is 5.62. The van der Waals surface area contributed by atoms with Gasteiger partial charge in [-0.25, -0.2) is 0 Å². The molecule has 1 heterocycles. The van der Waals surface area contributed by atoms with Crippen molar-refractivity contribution in [3.8, 4) is 0 Å². The van der Waals surface area contributed by atoms with E-state index in [1.807, 2.05) is 30.3 Å². The summed E-state index contributed by atoms with van der Waals surface area (Å²) in [5, 5.41) is 8.83. The Morgan fingerprint density at radius 2 is 1.79 bits per heavy atom. The predicted molar refractivity (Wildman–Crippen MR) is 119 cm³/mol. The minimum Gasteiger partial charge on any atom is -0.350 e. The molecule has 2 aromatic carbocycles. The Bertz CT molecular complexity index is 991. The lowest BCUT2D eigenvalue weighted by Crippen LogP contribution is -2.28. The van der Waals surface area contributed by atoms with E-state index in [9.17, 15) is 4.79 Å². The highest BCUT2D eigenvalue weighted by Gasteiger charge is 2.23. The standard InChI is InChI=1S/C23H25Cl2N3O/c1-23(2,3)21-14-20(22(29)26-12-11-16-7-5-4-6-8-16)28(27-21)15-17-9-10-18(24)13-19(17)25/h4-10,13-14H,11-12,15H2,1-3H3,(H,26,29). The molecule has 6 heteroatoms. The van der Waals surface area contributed by atoms with E-state index in [0.717, 1.165) is 17.7 Å². The number of carbonyl (C=O) groups excluding carboxylic acids is 1. The lowest BCUT2D eigenvalue weighted by atomic mass is 9.92. The van der Waals surface area contributed by atoms with Crippen LogP contribution in [-0.4, -0.2) is 22.2 Å². The summed E-state index contributed by atoms with van der Waals surface area (Å²) >= 11 is 12.3. The van der Waals surface area contributed by atoms with Crippen LogP contribution in [0.1, 0.15) is 48.1 Å². The molecule has 3 aromatic rings. The minimum atomic E-state index is -0.173. The van der Waals surface area contributed by atoms with Gasteiger partial charge in [0.05, 0.1) is 12.2 Å². The quantitative estimate of drug-likeness (QED) is 0.561. The maximum Gasteiger partial charge on any atom is 0.269 e. The van der Waals surface area contributed by atoms with Gasteiger partial charge >= 0.3 is 0 Å². The summed E-state index contributed by atoms with van der Waals surface area (Å²) in [5.74, 6) is -0.144. The molecule has 0 atom stereocenters. The fourth-order valence-electron chi connectivity index (χ4n) is 2.95. The first kappa shape index (κ1) is 21.4. The van der Waals surface area contributed by atoms with Crippen molar-refractivity contribution in [1.29, 1.82) is 0 Å². The van der Waals surface area contributed by atoms with Crippen molar-refractivity contribution in [2.45, 2.75) is 39.2 Å². The first-order valence-electron chi connectivity index (χ1n) is 9.58. The van der Waals surface area contributed by atoms with Gasteiger partial charge in [-0.05, 0) is 35.7 Å². The van der Waals surface area contributed by atoms with Gasteiger partial charge in [-0.15, -0.1) is 0 Å². The maximum absolute atomic E-state index is 12.9. The number of nitrogens with one attached hydrogen (secondary N) is 1. The highest BCUT2D eigenvalue weighted by molar-refractivity contribution is 6.35. The molecule has 0 aliphatic rings. The van der Waals surface area contributed by atoms with Gasteiger partial charge in [-0.1, -0.05) is 80.4 Å². The number of rotatable bonds is 6. The third-order valence-corrected chi connectivity index (χ3v) is 5.25. The fraction of sp³-hybridized carbons (Fsp3) is 0.304. The molecule has 152 valence electrons. The van der Waals surface area contributed by atoms with Crippen LogP contribution in [0.5, 0.6) is 0 Å². The number of benzene rings is 2. The fourth-order valence-corrected chi connectivity index (χ4v) is 3.42. The zero-order valence-corrected chi connectivity index (χ0v) is 18.4. The molecule has 0 saturated heterocycles. The molecule has 29 heavy (non-hydrogen) atoms. The summed E-state index contributed by atoms with van der Waals surface area (Å²) < 4.78 is 1.72. The molecule has 0 saturated carbocycles. The van der Waals surface area contributed by atoms with Gasteiger partial charge in [-0.3, -0.25) is 9.48 Å². The number of aromatic nitrogens is 2. The average Bonchev–Trinajstić information content (AvgIpc) is 3.09. The second kappa shape index (κ2) is 9.02. The van der Waals surface area contributed by atoms with Gasteiger partial charge in [-0.2, -0.15) is 5.10 Å². The van der Waals surface area contributed by atoms with Gasteiger partial charge in [0.15, 0.2) is 0 Å². The lowest BCUT2D eigenvalue weighted by molar-refractivity contribution is 0.0944. The van der Waals surface area contributed by atoms with E-state index in [2.05, 4.69) is 38.2 Å². The van der Waals surface area contributed by atoms with Crippen LogP contribution in [0.25, 0.3) is 0 Å². The van der Waals surface area contributed by atoms with Crippen molar-refractivity contribution < 1.29 is 4.79 Å². The first-order chi connectivity index (χ1) is 13.7. The predicted octanol–water partition coefficient (Wildman–Crippen LogP) is 5.51. The summed E-state index contributed by atoms with van der Waals surface area (Å²) in [7, 11) is 0. The Labute approximate surface area is 181 Å². The molecule has 1 amide bonds. The van der Waals surface area contributed by atoms with E-state index in [1.165, 1.54) is 5.56 Å². The van der Waals surface area contributed by atoms with Crippen molar-refractivity contribution in [1.82, 2.24) is 15.1 Å². The third-order valence-electron chi connectivity index (χ3n) is 4.66. The summed E-state index contributed by atoms with van der Waals surface area (Å²) in [6.07, 6.45) is 0.774. The van der Waals surface area contributed by atoms with Crippen LogP contribution >= 0.6 is 23.2 Å². The highest BCUT2D eigenvalue weighted by Crippen LogP contribution is 2.25. The van der Waals surface area contributed by atoms with Crippen LogP contribution in [0.15, 0.2) is 54.6 Å². The molecule has 0 aliphatic heterocycles. The second-order valence-electron chi connectivity index (χ2n) is 8.05. The molecule has 3 rings (SSSR count).